The number of rotatable bonds is 13. The summed E-state index contributed by atoms with van der Waals surface area (Å²) in [5, 5.41) is 99.8. The lowest BCUT2D eigenvalue weighted by molar-refractivity contribution is -0.334. The molecule has 1 aromatic rings. The van der Waals surface area contributed by atoms with E-state index in [0.717, 1.165) is 0 Å². The minimum atomic E-state index is -2.68. The van der Waals surface area contributed by atoms with E-state index in [2.05, 4.69) is 0 Å². The summed E-state index contributed by atoms with van der Waals surface area (Å²) < 4.78 is 27.0. The first-order valence-corrected chi connectivity index (χ1v) is 13.8. The van der Waals surface area contributed by atoms with Gasteiger partial charge in [0.15, 0.2) is 12.4 Å². The predicted octanol–water partition coefficient (Wildman–Crippen LogP) is -4.04. The number of aliphatic hydroxyl groups excluding tert-OH is 9. The summed E-state index contributed by atoms with van der Waals surface area (Å²) in [5.74, 6) is -3.62. The Balaban J connectivity index is 1.77. The van der Waals surface area contributed by atoms with E-state index in [0.29, 0.717) is 5.56 Å². The summed E-state index contributed by atoms with van der Waals surface area (Å²) in [6.45, 7) is 1.21. The van der Waals surface area contributed by atoms with Gasteiger partial charge in [-0.25, -0.2) is 9.59 Å². The fourth-order valence-electron chi connectivity index (χ4n) is 4.88. The van der Waals surface area contributed by atoms with Crippen molar-refractivity contribution in [2.45, 2.75) is 100.0 Å². The van der Waals surface area contributed by atoms with Crippen LogP contribution in [-0.4, -0.2) is 149 Å². The summed E-state index contributed by atoms with van der Waals surface area (Å²) in [6, 6.07) is 5.59. The summed E-state index contributed by atoms with van der Waals surface area (Å²) in [5.41, 5.74) is -2.35. The molecule has 250 valence electrons. The van der Waals surface area contributed by atoms with E-state index in [4.69, 9.17) is 23.7 Å². The molecule has 2 aliphatic rings. The number of esters is 1. The van der Waals surface area contributed by atoms with Crippen LogP contribution in [0.25, 0.3) is 0 Å². The lowest BCUT2D eigenvalue weighted by atomic mass is 9.86. The van der Waals surface area contributed by atoms with Crippen molar-refractivity contribution in [2.24, 2.45) is 5.92 Å². The molecule has 0 amide bonds. The number of aliphatic hydroxyl groups is 9. The molecule has 17 nitrogen and oxygen atoms in total. The van der Waals surface area contributed by atoms with Crippen molar-refractivity contribution in [2.75, 3.05) is 13.2 Å². The molecule has 0 radical (unpaired) electrons. The van der Waals surface area contributed by atoms with Crippen molar-refractivity contribution in [1.29, 1.82) is 0 Å². The Kier molecular flexibility index (Phi) is 12.4. The molecule has 44 heavy (non-hydrogen) atoms. The highest BCUT2D eigenvalue weighted by Gasteiger charge is 2.56. The van der Waals surface area contributed by atoms with E-state index >= 15 is 0 Å². The van der Waals surface area contributed by atoms with Crippen LogP contribution in [0.4, 0.5) is 0 Å². The zero-order valence-corrected chi connectivity index (χ0v) is 23.9. The van der Waals surface area contributed by atoms with Gasteiger partial charge in [-0.05, 0) is 30.0 Å². The molecule has 0 spiro atoms. The van der Waals surface area contributed by atoms with Crippen LogP contribution in [-0.2, 0) is 35.1 Å². The molecule has 17 heteroatoms. The van der Waals surface area contributed by atoms with Gasteiger partial charge in [-0.15, -0.1) is 0 Å². The highest BCUT2D eigenvalue weighted by Crippen LogP contribution is 2.34. The summed E-state index contributed by atoms with van der Waals surface area (Å²) in [7, 11) is 0. The third kappa shape index (κ3) is 7.82. The molecule has 0 bridgehead atoms. The third-order valence-electron chi connectivity index (χ3n) is 7.30. The normalized spacial score (nSPS) is 34.6. The zero-order chi connectivity index (χ0) is 32.9. The van der Waals surface area contributed by atoms with Crippen molar-refractivity contribution in [1.82, 2.24) is 0 Å². The maximum atomic E-state index is 13.5. The van der Waals surface area contributed by atoms with Gasteiger partial charge in [0.25, 0.3) is 0 Å². The van der Waals surface area contributed by atoms with Crippen LogP contribution >= 0.6 is 0 Å². The number of hydrogen-bond donors (Lipinski definition) is 10. The Labute approximate surface area is 251 Å². The van der Waals surface area contributed by atoms with Gasteiger partial charge < -0.3 is 74.7 Å². The van der Waals surface area contributed by atoms with E-state index in [9.17, 15) is 60.7 Å². The number of carbonyl (C=O) groups is 2. The Morgan fingerprint density at radius 1 is 0.818 bits per heavy atom. The minimum absolute atomic E-state index is 0.116. The molecule has 0 saturated carbocycles. The molecule has 12 atom stereocenters. The first kappa shape index (κ1) is 36.0. The van der Waals surface area contributed by atoms with Gasteiger partial charge in [-0.3, -0.25) is 0 Å². The van der Waals surface area contributed by atoms with Crippen molar-refractivity contribution in [3.8, 4) is 5.75 Å². The van der Waals surface area contributed by atoms with E-state index in [1.54, 1.807) is 13.8 Å². The molecule has 2 aliphatic heterocycles. The number of carboxylic acid groups (broad SMARTS) is 1. The van der Waals surface area contributed by atoms with E-state index < -0.39 is 117 Å². The fraction of sp³-hybridized carbons (Fsp3) is 0.704. The Hall–Kier alpha value is -2.52. The molecule has 0 unspecified atom stereocenters. The first-order valence-electron chi connectivity index (χ1n) is 13.8. The summed E-state index contributed by atoms with van der Waals surface area (Å²) >= 11 is 0. The molecule has 10 N–H and O–H groups in total. The number of benzene rings is 1. The zero-order valence-electron chi connectivity index (χ0n) is 23.9. The van der Waals surface area contributed by atoms with Crippen LogP contribution in [0, 0.1) is 5.92 Å². The third-order valence-corrected chi connectivity index (χ3v) is 7.30. The fourth-order valence-corrected chi connectivity index (χ4v) is 4.88. The minimum Gasteiger partial charge on any atom is -0.479 e. The highest BCUT2D eigenvalue weighted by atomic mass is 16.7. The van der Waals surface area contributed by atoms with Crippen molar-refractivity contribution < 1.29 is 84.3 Å². The lowest BCUT2D eigenvalue weighted by Gasteiger charge is -2.44. The van der Waals surface area contributed by atoms with Gasteiger partial charge in [-0.1, -0.05) is 26.0 Å². The SMILES string of the molecule is CC(C)C[C@](O[C@@H]1O[C@H](CO)[C@@H](O)[C@H](O)[C@H]1O)(C(=O)OCc1ccc(O[C@@H]2O[C@H](CO)[C@@H](O)[C@H](O)[C@H]2O)cc1)[C@@H](O)C(=O)O. The van der Waals surface area contributed by atoms with Crippen LogP contribution in [0.1, 0.15) is 25.8 Å². The molecule has 2 fully saturated rings. The maximum Gasteiger partial charge on any atom is 0.342 e. The molecule has 1 aromatic carbocycles. The monoisotopic (exact) mass is 636 g/mol. The second-order valence-electron chi connectivity index (χ2n) is 11.1. The molecule has 2 heterocycles. The van der Waals surface area contributed by atoms with Crippen LogP contribution in [0.15, 0.2) is 24.3 Å². The van der Waals surface area contributed by atoms with Crippen molar-refractivity contribution >= 4 is 11.9 Å². The maximum absolute atomic E-state index is 13.5. The van der Waals surface area contributed by atoms with Crippen molar-refractivity contribution in [3.63, 3.8) is 0 Å². The summed E-state index contributed by atoms with van der Waals surface area (Å²) in [4.78, 5) is 25.4. The summed E-state index contributed by atoms with van der Waals surface area (Å²) in [6.07, 6.45) is -19.6. The molecular formula is C27H40O17. The first-order chi connectivity index (χ1) is 20.7. The van der Waals surface area contributed by atoms with Gasteiger partial charge in [0.2, 0.25) is 11.9 Å². The largest absolute Gasteiger partial charge is 0.479 e. The Morgan fingerprint density at radius 2 is 1.32 bits per heavy atom. The van der Waals surface area contributed by atoms with E-state index in [1.807, 2.05) is 0 Å². The molecule has 0 aromatic heterocycles. The van der Waals surface area contributed by atoms with E-state index in [-0.39, 0.29) is 5.75 Å². The van der Waals surface area contributed by atoms with Crippen LogP contribution in [0.5, 0.6) is 5.75 Å². The average molecular weight is 637 g/mol. The van der Waals surface area contributed by atoms with Gasteiger partial charge >= 0.3 is 11.9 Å². The number of hydrogen-bond acceptors (Lipinski definition) is 16. The lowest BCUT2D eigenvalue weighted by Crippen LogP contribution is -2.65. The van der Waals surface area contributed by atoms with Gasteiger partial charge in [-0.2, -0.15) is 0 Å². The second kappa shape index (κ2) is 15.2. The number of carboxylic acids is 1. The molecule has 0 aliphatic carbocycles. The van der Waals surface area contributed by atoms with Gasteiger partial charge in [0.1, 0.15) is 61.2 Å². The Bertz CT molecular complexity index is 1080. The second-order valence-corrected chi connectivity index (χ2v) is 11.1. The topological polar surface area (TPSA) is 283 Å². The highest BCUT2D eigenvalue weighted by molar-refractivity contribution is 5.88. The smallest absolute Gasteiger partial charge is 0.342 e. The molecule has 3 rings (SSSR count). The average Bonchev–Trinajstić information content (AvgIpc) is 2.99. The molecular weight excluding hydrogens is 596 g/mol. The van der Waals surface area contributed by atoms with E-state index in [1.165, 1.54) is 24.3 Å². The number of ether oxygens (including phenoxy) is 5. The standard InChI is InChI=1S/C27H40O17/c1-11(2)7-27(22(36)23(37)38,44-25-21(35)19(33)17(31)15(9-29)43-25)26(39)40-10-12-3-5-13(6-4-12)41-24-20(34)18(32)16(30)14(8-28)42-24/h3-6,11,14-22,24-25,28-36H,7-10H2,1-2H3,(H,37,38)/t14-,15-,16-,17-,18+,19+,20-,21-,22+,24-,25+,27-/m1/s1. The van der Waals surface area contributed by atoms with Crippen LogP contribution < -0.4 is 4.74 Å². The Morgan fingerprint density at radius 3 is 1.80 bits per heavy atom. The van der Waals surface area contributed by atoms with Crippen LogP contribution in [0.3, 0.4) is 0 Å². The van der Waals surface area contributed by atoms with Gasteiger partial charge in [0, 0.05) is 0 Å². The number of aliphatic carboxylic acids is 1. The molecule has 2 saturated heterocycles. The predicted molar refractivity (Wildman–Crippen MR) is 141 cm³/mol. The van der Waals surface area contributed by atoms with Gasteiger partial charge in [0.05, 0.1) is 13.2 Å². The quantitative estimate of drug-likeness (QED) is 0.0922. The van der Waals surface area contributed by atoms with Crippen molar-refractivity contribution in [3.05, 3.63) is 29.8 Å². The number of carbonyl (C=O) groups excluding carboxylic acids is 1. The van der Waals surface area contributed by atoms with Crippen LogP contribution in [0.2, 0.25) is 0 Å².